The summed E-state index contributed by atoms with van der Waals surface area (Å²) >= 11 is 0. The van der Waals surface area contributed by atoms with Crippen molar-refractivity contribution >= 4 is 17.5 Å². The Kier molecular flexibility index (Phi) is 4.79. The average molecular weight is 350 g/mol. The van der Waals surface area contributed by atoms with E-state index in [9.17, 15) is 0 Å². The largest absolute Gasteiger partial charge is 0.380 e. The predicted molar refractivity (Wildman–Crippen MR) is 100 cm³/mol. The molecule has 0 amide bonds. The molecule has 5 N–H and O–H groups in total. The Bertz CT molecular complexity index is 940. The highest BCUT2D eigenvalue weighted by atomic mass is 16.5. The number of aliphatic imine (C=N–C) groups is 2. The van der Waals surface area contributed by atoms with Gasteiger partial charge in [0, 0.05) is 18.9 Å². The van der Waals surface area contributed by atoms with Crippen LogP contribution < -0.4 is 16.4 Å². The van der Waals surface area contributed by atoms with E-state index in [4.69, 9.17) is 16.0 Å². The summed E-state index contributed by atoms with van der Waals surface area (Å²) < 4.78 is 5.13. The molecule has 0 saturated carbocycles. The van der Waals surface area contributed by atoms with Gasteiger partial charge in [-0.3, -0.25) is 0 Å². The molecule has 0 bridgehead atoms. The number of anilines is 1. The fourth-order valence-electron chi connectivity index (χ4n) is 2.11. The van der Waals surface area contributed by atoms with E-state index in [0.29, 0.717) is 17.4 Å². The molecule has 132 valence electrons. The van der Waals surface area contributed by atoms with Gasteiger partial charge in [-0.15, -0.1) is 0 Å². The molecule has 26 heavy (non-hydrogen) atoms. The summed E-state index contributed by atoms with van der Waals surface area (Å²) in [6.45, 7) is 3.88. The number of hydrogen-bond acceptors (Lipinski definition) is 5. The molecule has 0 spiro atoms. The zero-order chi connectivity index (χ0) is 18.5. The lowest BCUT2D eigenvalue weighted by atomic mass is 10.3. The number of hydrogen-bond donors (Lipinski definition) is 3. The Hall–Kier alpha value is -3.88. The topological polar surface area (TPSA) is 135 Å². The molecular formula is C17H18N8O. The first-order chi connectivity index (χ1) is 12.5. The van der Waals surface area contributed by atoms with Crippen LogP contribution in [0.25, 0.3) is 11.6 Å². The van der Waals surface area contributed by atoms with Gasteiger partial charge >= 0.3 is 0 Å². The second-order valence-electron chi connectivity index (χ2n) is 5.28. The second kappa shape index (κ2) is 7.34. The highest BCUT2D eigenvalue weighted by Crippen LogP contribution is 2.16. The smallest absolute Gasteiger partial charge is 0.274 e. The minimum atomic E-state index is -0.0681. The lowest BCUT2D eigenvalue weighted by Gasteiger charge is -2.18. The van der Waals surface area contributed by atoms with E-state index in [1.54, 1.807) is 17.2 Å². The van der Waals surface area contributed by atoms with Crippen LogP contribution in [0, 0.1) is 0 Å². The zero-order valence-electron chi connectivity index (χ0n) is 14.1. The highest BCUT2D eigenvalue weighted by molar-refractivity contribution is 6.02. The van der Waals surface area contributed by atoms with Gasteiger partial charge in [-0.1, -0.05) is 29.9 Å². The molecule has 0 radical (unpaired) electrons. The number of benzene rings is 1. The predicted octanol–water partition coefficient (Wildman–Crippen LogP) is 1.69. The minimum Gasteiger partial charge on any atom is -0.380 e. The Morgan fingerprint density at radius 2 is 1.92 bits per heavy atom. The van der Waals surface area contributed by atoms with Crippen molar-refractivity contribution in [3.63, 3.8) is 0 Å². The number of nitrogens with two attached hydrogens (primary N) is 2. The summed E-state index contributed by atoms with van der Waals surface area (Å²) in [6.07, 6.45) is 1.75. The van der Waals surface area contributed by atoms with Crippen LogP contribution >= 0.6 is 0 Å². The van der Waals surface area contributed by atoms with Crippen LogP contribution in [0.5, 0.6) is 0 Å². The van der Waals surface area contributed by atoms with Gasteiger partial charge in [0.25, 0.3) is 5.89 Å². The van der Waals surface area contributed by atoms with Gasteiger partial charge < -0.3 is 25.9 Å². The molecule has 0 saturated heterocycles. The Morgan fingerprint density at radius 1 is 1.15 bits per heavy atom. The maximum atomic E-state index is 5.88. The maximum Gasteiger partial charge on any atom is 0.274 e. The normalized spacial score (nSPS) is 12.2. The number of aromatic nitrogens is 3. The molecule has 0 fully saturated rings. The van der Waals surface area contributed by atoms with Crippen molar-refractivity contribution in [2.24, 2.45) is 21.5 Å². The molecular weight excluding hydrogens is 332 g/mol. The van der Waals surface area contributed by atoms with Gasteiger partial charge in [0.15, 0.2) is 5.84 Å². The van der Waals surface area contributed by atoms with Crippen molar-refractivity contribution in [3.05, 3.63) is 66.9 Å². The van der Waals surface area contributed by atoms with Crippen LogP contribution in [-0.2, 0) is 0 Å². The van der Waals surface area contributed by atoms with Crippen molar-refractivity contribution in [3.8, 4) is 11.6 Å². The summed E-state index contributed by atoms with van der Waals surface area (Å²) in [4.78, 5) is 17.0. The SMILES string of the molecule is C=C(N=C(N)N=C(N)c1noc(-c2ccc[nH]2)n1)N(C)c1ccccc1. The number of amidine groups is 1. The summed E-state index contributed by atoms with van der Waals surface area (Å²) in [5, 5.41) is 3.78. The van der Waals surface area contributed by atoms with Gasteiger partial charge in [-0.05, 0) is 24.3 Å². The van der Waals surface area contributed by atoms with E-state index in [1.165, 1.54) is 0 Å². The molecule has 9 nitrogen and oxygen atoms in total. The zero-order valence-corrected chi connectivity index (χ0v) is 14.1. The third kappa shape index (κ3) is 3.78. The Morgan fingerprint density at radius 3 is 2.62 bits per heavy atom. The fraction of sp³-hybridized carbons (Fsp3) is 0.0588. The summed E-state index contributed by atoms with van der Waals surface area (Å²) in [7, 11) is 1.82. The van der Waals surface area contributed by atoms with Crippen molar-refractivity contribution in [2.45, 2.75) is 0 Å². The Balaban J connectivity index is 1.74. The molecule has 9 heteroatoms. The van der Waals surface area contributed by atoms with Crippen molar-refractivity contribution in [1.82, 2.24) is 15.1 Å². The number of aromatic amines is 1. The Labute approximate surface area is 149 Å². The number of nitrogens with one attached hydrogen (secondary N) is 1. The van der Waals surface area contributed by atoms with E-state index < -0.39 is 0 Å². The molecule has 3 aromatic rings. The number of guanidine groups is 1. The summed E-state index contributed by atoms with van der Waals surface area (Å²) in [6, 6.07) is 13.2. The first-order valence-corrected chi connectivity index (χ1v) is 7.68. The van der Waals surface area contributed by atoms with Crippen molar-refractivity contribution in [2.75, 3.05) is 11.9 Å². The van der Waals surface area contributed by atoms with Gasteiger partial charge in [0.05, 0.1) is 0 Å². The molecule has 1 aromatic carbocycles. The monoisotopic (exact) mass is 350 g/mol. The van der Waals surface area contributed by atoms with Crippen LogP contribution in [0.15, 0.2) is 75.6 Å². The number of para-hydroxylation sites is 1. The third-order valence-corrected chi connectivity index (χ3v) is 3.49. The molecule has 2 heterocycles. The van der Waals surface area contributed by atoms with E-state index in [0.717, 1.165) is 5.69 Å². The molecule has 0 unspecified atom stereocenters. The number of nitrogens with zero attached hydrogens (tertiary/aromatic N) is 5. The standard InChI is InChI=1S/C17H18N8O/c1-11(25(2)12-7-4-3-5-8-12)21-17(19)22-14(18)15-23-16(26-24-15)13-9-6-10-20-13/h3-10,20H,1H2,2H3,(H4,18,19,21,22). The lowest BCUT2D eigenvalue weighted by Crippen LogP contribution is -2.22. The molecule has 0 aliphatic rings. The van der Waals surface area contributed by atoms with E-state index in [1.807, 2.05) is 43.4 Å². The van der Waals surface area contributed by atoms with Crippen LogP contribution in [0.3, 0.4) is 0 Å². The van der Waals surface area contributed by atoms with Gasteiger partial charge in [-0.2, -0.15) is 15.0 Å². The highest BCUT2D eigenvalue weighted by Gasteiger charge is 2.13. The van der Waals surface area contributed by atoms with E-state index >= 15 is 0 Å². The fourth-order valence-corrected chi connectivity index (χ4v) is 2.11. The van der Waals surface area contributed by atoms with Gasteiger partial charge in [0.2, 0.25) is 11.8 Å². The average Bonchev–Trinajstić information content (AvgIpc) is 3.32. The van der Waals surface area contributed by atoms with Crippen LogP contribution in [0.4, 0.5) is 5.69 Å². The minimum absolute atomic E-state index is 0.0111. The van der Waals surface area contributed by atoms with Crippen LogP contribution in [0.1, 0.15) is 5.82 Å². The molecule has 3 rings (SSSR count). The van der Waals surface area contributed by atoms with Crippen LogP contribution in [0.2, 0.25) is 0 Å². The second-order valence-corrected chi connectivity index (χ2v) is 5.28. The molecule has 0 aliphatic carbocycles. The van der Waals surface area contributed by atoms with Crippen LogP contribution in [-0.4, -0.2) is 34.0 Å². The van der Waals surface area contributed by atoms with Gasteiger partial charge in [0.1, 0.15) is 11.5 Å². The molecule has 0 atom stereocenters. The number of rotatable bonds is 5. The van der Waals surface area contributed by atoms with Crippen molar-refractivity contribution in [1.29, 1.82) is 0 Å². The molecule has 2 aromatic heterocycles. The van der Waals surface area contributed by atoms with Gasteiger partial charge in [-0.25, -0.2) is 0 Å². The quantitative estimate of drug-likeness (QED) is 0.473. The lowest BCUT2D eigenvalue weighted by molar-refractivity contribution is 0.427. The summed E-state index contributed by atoms with van der Waals surface area (Å²) in [5.74, 6) is 0.747. The maximum absolute atomic E-state index is 5.88. The van der Waals surface area contributed by atoms with E-state index in [2.05, 4.69) is 31.7 Å². The van der Waals surface area contributed by atoms with E-state index in [-0.39, 0.29) is 17.6 Å². The van der Waals surface area contributed by atoms with Crippen molar-refractivity contribution < 1.29 is 4.52 Å². The number of H-pyrrole nitrogens is 1. The first kappa shape index (κ1) is 17.0. The molecule has 0 aliphatic heterocycles. The summed E-state index contributed by atoms with van der Waals surface area (Å²) in [5.41, 5.74) is 13.3. The first-order valence-electron chi connectivity index (χ1n) is 7.68. The third-order valence-electron chi connectivity index (χ3n) is 3.49.